The van der Waals surface area contributed by atoms with E-state index in [9.17, 15) is 0 Å². The molecule has 0 fully saturated rings. The SMILES string of the molecule is CCc1nn(C)cc1NC(C)Cc1ccccc1OC. The third-order valence-electron chi connectivity index (χ3n) is 3.36. The zero-order valence-electron chi connectivity index (χ0n) is 12.7. The van der Waals surface area contributed by atoms with Crippen LogP contribution in [0.1, 0.15) is 25.1 Å². The third kappa shape index (κ3) is 3.32. The second-order valence-electron chi connectivity index (χ2n) is 5.08. The van der Waals surface area contributed by atoms with Gasteiger partial charge in [0, 0.05) is 19.3 Å². The number of aromatic nitrogens is 2. The van der Waals surface area contributed by atoms with Crippen molar-refractivity contribution in [2.24, 2.45) is 7.05 Å². The van der Waals surface area contributed by atoms with Gasteiger partial charge in [-0.2, -0.15) is 5.10 Å². The lowest BCUT2D eigenvalue weighted by Crippen LogP contribution is -2.19. The second kappa shape index (κ2) is 6.46. The van der Waals surface area contributed by atoms with Crippen LogP contribution in [-0.2, 0) is 19.9 Å². The highest BCUT2D eigenvalue weighted by molar-refractivity contribution is 5.47. The van der Waals surface area contributed by atoms with Crippen LogP contribution in [-0.4, -0.2) is 22.9 Å². The van der Waals surface area contributed by atoms with Crippen LogP contribution in [0.4, 0.5) is 5.69 Å². The van der Waals surface area contributed by atoms with E-state index in [2.05, 4.69) is 30.3 Å². The van der Waals surface area contributed by atoms with Crippen molar-refractivity contribution < 1.29 is 4.74 Å². The molecule has 0 spiro atoms. The maximum atomic E-state index is 5.40. The molecule has 0 bridgehead atoms. The van der Waals surface area contributed by atoms with E-state index in [-0.39, 0.29) is 0 Å². The zero-order chi connectivity index (χ0) is 14.5. The number of ether oxygens (including phenoxy) is 1. The molecule has 0 saturated carbocycles. The predicted octanol–water partition coefficient (Wildman–Crippen LogP) is 3.03. The molecule has 4 nitrogen and oxygen atoms in total. The Labute approximate surface area is 120 Å². The van der Waals surface area contributed by atoms with Gasteiger partial charge in [-0.25, -0.2) is 0 Å². The maximum absolute atomic E-state index is 5.40. The first-order chi connectivity index (χ1) is 9.63. The molecule has 0 aliphatic carbocycles. The molecule has 1 heterocycles. The fourth-order valence-electron chi connectivity index (χ4n) is 2.43. The molecule has 1 N–H and O–H groups in total. The van der Waals surface area contributed by atoms with Gasteiger partial charge in [0.2, 0.25) is 0 Å². The minimum atomic E-state index is 0.320. The van der Waals surface area contributed by atoms with Crippen molar-refractivity contribution >= 4 is 5.69 Å². The summed E-state index contributed by atoms with van der Waals surface area (Å²) in [5.74, 6) is 0.947. The van der Waals surface area contributed by atoms with Gasteiger partial charge in [-0.05, 0) is 31.4 Å². The van der Waals surface area contributed by atoms with E-state index in [0.29, 0.717) is 6.04 Å². The van der Waals surface area contributed by atoms with E-state index in [0.717, 1.165) is 30.0 Å². The fourth-order valence-corrected chi connectivity index (χ4v) is 2.43. The molecular formula is C16H23N3O. The average molecular weight is 273 g/mol. The van der Waals surface area contributed by atoms with Gasteiger partial charge in [0.15, 0.2) is 0 Å². The standard InChI is InChI=1S/C16H23N3O/c1-5-14-15(11-19(3)18-14)17-12(2)10-13-8-6-7-9-16(13)20-4/h6-9,11-12,17H,5,10H2,1-4H3. The van der Waals surface area contributed by atoms with Gasteiger partial charge in [0.1, 0.15) is 5.75 Å². The third-order valence-corrected chi connectivity index (χ3v) is 3.36. The molecule has 20 heavy (non-hydrogen) atoms. The highest BCUT2D eigenvalue weighted by Crippen LogP contribution is 2.21. The first kappa shape index (κ1) is 14.4. The lowest BCUT2D eigenvalue weighted by atomic mass is 10.1. The number of anilines is 1. The summed E-state index contributed by atoms with van der Waals surface area (Å²) in [4.78, 5) is 0. The van der Waals surface area contributed by atoms with Gasteiger partial charge in [-0.3, -0.25) is 4.68 Å². The molecular weight excluding hydrogens is 250 g/mol. The largest absolute Gasteiger partial charge is 0.496 e. The Bertz CT molecular complexity index is 563. The molecule has 108 valence electrons. The van der Waals surface area contributed by atoms with Crippen LogP contribution >= 0.6 is 0 Å². The summed E-state index contributed by atoms with van der Waals surface area (Å²) in [5.41, 5.74) is 3.45. The van der Waals surface area contributed by atoms with Gasteiger partial charge in [-0.1, -0.05) is 25.1 Å². The monoisotopic (exact) mass is 273 g/mol. The fraction of sp³-hybridized carbons (Fsp3) is 0.438. The Morgan fingerprint density at radius 2 is 2.10 bits per heavy atom. The highest BCUT2D eigenvalue weighted by atomic mass is 16.5. The van der Waals surface area contributed by atoms with Gasteiger partial charge in [-0.15, -0.1) is 0 Å². The summed E-state index contributed by atoms with van der Waals surface area (Å²) < 4.78 is 7.26. The number of aryl methyl sites for hydroxylation is 2. The molecule has 0 aliphatic rings. The predicted molar refractivity (Wildman–Crippen MR) is 82.4 cm³/mol. The summed E-state index contributed by atoms with van der Waals surface area (Å²) in [6.07, 6.45) is 3.89. The van der Waals surface area contributed by atoms with Crippen molar-refractivity contribution in [2.75, 3.05) is 12.4 Å². The Morgan fingerprint density at radius 1 is 1.35 bits per heavy atom. The molecule has 0 saturated heterocycles. The van der Waals surface area contributed by atoms with Crippen LogP contribution in [0.15, 0.2) is 30.5 Å². The molecule has 0 amide bonds. The van der Waals surface area contributed by atoms with Crippen LogP contribution in [0.5, 0.6) is 5.75 Å². The van der Waals surface area contributed by atoms with Crippen LogP contribution in [0.25, 0.3) is 0 Å². The van der Waals surface area contributed by atoms with E-state index >= 15 is 0 Å². The van der Waals surface area contributed by atoms with E-state index in [4.69, 9.17) is 4.74 Å². The minimum Gasteiger partial charge on any atom is -0.496 e. The molecule has 4 heteroatoms. The molecule has 1 aromatic carbocycles. The maximum Gasteiger partial charge on any atom is 0.122 e. The van der Waals surface area contributed by atoms with Crippen molar-refractivity contribution in [3.05, 3.63) is 41.7 Å². The summed E-state index contributed by atoms with van der Waals surface area (Å²) in [7, 11) is 3.67. The summed E-state index contributed by atoms with van der Waals surface area (Å²) in [5, 5.41) is 8.00. The van der Waals surface area contributed by atoms with E-state index < -0.39 is 0 Å². The van der Waals surface area contributed by atoms with Crippen molar-refractivity contribution in [3.63, 3.8) is 0 Å². The molecule has 1 unspecified atom stereocenters. The normalized spacial score (nSPS) is 12.2. The smallest absolute Gasteiger partial charge is 0.122 e. The number of methoxy groups -OCH3 is 1. The van der Waals surface area contributed by atoms with E-state index in [1.165, 1.54) is 5.56 Å². The number of nitrogens with zero attached hydrogens (tertiary/aromatic N) is 2. The van der Waals surface area contributed by atoms with Crippen LogP contribution in [0.2, 0.25) is 0 Å². The first-order valence-electron chi connectivity index (χ1n) is 7.05. The highest BCUT2D eigenvalue weighted by Gasteiger charge is 2.11. The Morgan fingerprint density at radius 3 is 2.80 bits per heavy atom. The summed E-state index contributed by atoms with van der Waals surface area (Å²) >= 11 is 0. The van der Waals surface area contributed by atoms with Crippen LogP contribution < -0.4 is 10.1 Å². The lowest BCUT2D eigenvalue weighted by molar-refractivity contribution is 0.409. The molecule has 0 aliphatic heterocycles. The number of hydrogen-bond acceptors (Lipinski definition) is 3. The topological polar surface area (TPSA) is 39.1 Å². The zero-order valence-corrected chi connectivity index (χ0v) is 12.7. The summed E-state index contributed by atoms with van der Waals surface area (Å²) in [6.45, 7) is 4.30. The average Bonchev–Trinajstić information content (AvgIpc) is 2.79. The number of benzene rings is 1. The molecule has 1 aromatic heterocycles. The molecule has 2 aromatic rings. The van der Waals surface area contributed by atoms with Gasteiger partial charge in [0.05, 0.1) is 18.5 Å². The first-order valence-corrected chi connectivity index (χ1v) is 7.05. The summed E-state index contributed by atoms with van der Waals surface area (Å²) in [6, 6.07) is 8.48. The number of rotatable bonds is 6. The molecule has 2 rings (SSSR count). The van der Waals surface area contributed by atoms with Gasteiger partial charge >= 0.3 is 0 Å². The quantitative estimate of drug-likeness (QED) is 0.879. The molecule has 1 atom stereocenters. The number of para-hydroxylation sites is 1. The van der Waals surface area contributed by atoms with Gasteiger partial charge in [0.25, 0.3) is 0 Å². The number of hydrogen-bond donors (Lipinski definition) is 1. The van der Waals surface area contributed by atoms with E-state index in [1.807, 2.05) is 36.1 Å². The van der Waals surface area contributed by atoms with Crippen LogP contribution in [0, 0.1) is 0 Å². The Balaban J connectivity index is 2.06. The van der Waals surface area contributed by atoms with E-state index in [1.54, 1.807) is 7.11 Å². The van der Waals surface area contributed by atoms with Crippen molar-refractivity contribution in [1.82, 2.24) is 9.78 Å². The van der Waals surface area contributed by atoms with Crippen molar-refractivity contribution in [1.29, 1.82) is 0 Å². The molecule has 0 radical (unpaired) electrons. The Kier molecular flexibility index (Phi) is 4.66. The Hall–Kier alpha value is -1.97. The van der Waals surface area contributed by atoms with Crippen LogP contribution in [0.3, 0.4) is 0 Å². The minimum absolute atomic E-state index is 0.320. The van der Waals surface area contributed by atoms with Crippen molar-refractivity contribution in [3.8, 4) is 5.75 Å². The van der Waals surface area contributed by atoms with Gasteiger partial charge < -0.3 is 10.1 Å². The van der Waals surface area contributed by atoms with Crippen molar-refractivity contribution in [2.45, 2.75) is 32.7 Å². The second-order valence-corrected chi connectivity index (χ2v) is 5.08. The number of nitrogens with one attached hydrogen (secondary N) is 1. The lowest BCUT2D eigenvalue weighted by Gasteiger charge is -2.16.